The Kier molecular flexibility index (Phi) is 2.94. The van der Waals surface area contributed by atoms with E-state index in [0.717, 1.165) is 41.6 Å². The Morgan fingerprint density at radius 2 is 2.11 bits per heavy atom. The van der Waals surface area contributed by atoms with Crippen LogP contribution in [0.4, 0.5) is 0 Å². The van der Waals surface area contributed by atoms with Gasteiger partial charge in [0.05, 0.1) is 29.9 Å². The molecule has 1 aliphatic rings. The van der Waals surface area contributed by atoms with Crippen molar-refractivity contribution in [1.82, 2.24) is 9.97 Å². The standard InChI is InChI=1S/C14H15N3O/c15-13(10-3-2-8-18-9-10)11-4-1-5-12-14(11)17-7-6-16-12/h1,4-7,9,13H,2-3,8,15H2. The van der Waals surface area contributed by atoms with E-state index in [1.54, 1.807) is 18.7 Å². The summed E-state index contributed by atoms with van der Waals surface area (Å²) in [4.78, 5) is 8.69. The summed E-state index contributed by atoms with van der Waals surface area (Å²) in [5, 5.41) is 0. The lowest BCUT2D eigenvalue weighted by Gasteiger charge is -2.20. The number of hydrogen-bond acceptors (Lipinski definition) is 4. The molecule has 4 nitrogen and oxygen atoms in total. The first-order chi connectivity index (χ1) is 8.86. The smallest absolute Gasteiger partial charge is 0.0937 e. The first kappa shape index (κ1) is 11.2. The van der Waals surface area contributed by atoms with Gasteiger partial charge in [-0.2, -0.15) is 0 Å². The first-order valence-electron chi connectivity index (χ1n) is 6.12. The minimum absolute atomic E-state index is 0.161. The Bertz CT molecular complexity index is 589. The summed E-state index contributed by atoms with van der Waals surface area (Å²) in [5.41, 5.74) is 10.2. The fraction of sp³-hybridized carbons (Fsp3) is 0.286. The number of aromatic nitrogens is 2. The van der Waals surface area contributed by atoms with E-state index in [2.05, 4.69) is 9.97 Å². The van der Waals surface area contributed by atoms with E-state index in [0.29, 0.717) is 0 Å². The van der Waals surface area contributed by atoms with E-state index < -0.39 is 0 Å². The summed E-state index contributed by atoms with van der Waals surface area (Å²) in [7, 11) is 0. The van der Waals surface area contributed by atoms with Crippen LogP contribution in [0.5, 0.6) is 0 Å². The predicted molar refractivity (Wildman–Crippen MR) is 69.7 cm³/mol. The van der Waals surface area contributed by atoms with Gasteiger partial charge in [-0.3, -0.25) is 9.97 Å². The van der Waals surface area contributed by atoms with Gasteiger partial charge in [0.15, 0.2) is 0 Å². The average molecular weight is 241 g/mol. The predicted octanol–water partition coefficient (Wildman–Crippen LogP) is 2.32. The van der Waals surface area contributed by atoms with Crippen molar-refractivity contribution >= 4 is 11.0 Å². The Hall–Kier alpha value is -1.94. The van der Waals surface area contributed by atoms with Gasteiger partial charge in [-0.1, -0.05) is 12.1 Å². The van der Waals surface area contributed by atoms with Gasteiger partial charge in [0.25, 0.3) is 0 Å². The monoisotopic (exact) mass is 241 g/mol. The number of nitrogens with two attached hydrogens (primary N) is 1. The third-order valence-corrected chi connectivity index (χ3v) is 3.23. The van der Waals surface area contributed by atoms with Gasteiger partial charge in [0, 0.05) is 18.0 Å². The number of rotatable bonds is 2. The van der Waals surface area contributed by atoms with Crippen molar-refractivity contribution in [1.29, 1.82) is 0 Å². The third kappa shape index (κ3) is 1.95. The van der Waals surface area contributed by atoms with Crippen LogP contribution in [0.15, 0.2) is 42.4 Å². The summed E-state index contributed by atoms with van der Waals surface area (Å²) < 4.78 is 5.36. The molecule has 1 aromatic heterocycles. The zero-order chi connectivity index (χ0) is 12.4. The molecule has 2 heterocycles. The number of fused-ring (bicyclic) bond motifs is 1. The molecule has 92 valence electrons. The number of benzene rings is 1. The van der Waals surface area contributed by atoms with Crippen molar-refractivity contribution in [2.24, 2.45) is 5.73 Å². The molecule has 0 amide bonds. The Balaban J connectivity index is 2.05. The fourth-order valence-corrected chi connectivity index (χ4v) is 2.28. The molecule has 0 bridgehead atoms. The minimum Gasteiger partial charge on any atom is -0.501 e. The summed E-state index contributed by atoms with van der Waals surface area (Å²) in [5.74, 6) is 0. The van der Waals surface area contributed by atoms with Crippen LogP contribution in [0.3, 0.4) is 0 Å². The normalized spacial score (nSPS) is 17.1. The summed E-state index contributed by atoms with van der Waals surface area (Å²) in [6.07, 6.45) is 7.20. The van der Waals surface area contributed by atoms with Gasteiger partial charge >= 0.3 is 0 Å². The lowest BCUT2D eigenvalue weighted by Crippen LogP contribution is -2.17. The number of para-hydroxylation sites is 1. The van der Waals surface area contributed by atoms with Gasteiger partial charge in [0.1, 0.15) is 0 Å². The van der Waals surface area contributed by atoms with Crippen molar-refractivity contribution < 1.29 is 4.74 Å². The Labute approximate surface area is 106 Å². The second-order valence-electron chi connectivity index (χ2n) is 4.42. The summed E-state index contributed by atoms with van der Waals surface area (Å²) in [6, 6.07) is 5.77. The summed E-state index contributed by atoms with van der Waals surface area (Å²) in [6.45, 7) is 0.783. The van der Waals surface area contributed by atoms with Crippen molar-refractivity contribution in [3.8, 4) is 0 Å². The first-order valence-corrected chi connectivity index (χ1v) is 6.12. The molecule has 2 aromatic rings. The average Bonchev–Trinajstić information content (AvgIpc) is 2.47. The SMILES string of the molecule is NC(C1=COCCC1)c1cccc2nccnc12. The van der Waals surface area contributed by atoms with Crippen LogP contribution < -0.4 is 5.73 Å². The van der Waals surface area contributed by atoms with Crippen molar-refractivity contribution in [2.45, 2.75) is 18.9 Å². The number of nitrogens with zero attached hydrogens (tertiary/aromatic N) is 2. The highest BCUT2D eigenvalue weighted by molar-refractivity contribution is 5.78. The van der Waals surface area contributed by atoms with Gasteiger partial charge in [-0.25, -0.2) is 0 Å². The molecule has 0 saturated carbocycles. The van der Waals surface area contributed by atoms with Crippen LogP contribution in [0.1, 0.15) is 24.4 Å². The highest BCUT2D eigenvalue weighted by Gasteiger charge is 2.17. The molecule has 0 aliphatic carbocycles. The van der Waals surface area contributed by atoms with E-state index in [4.69, 9.17) is 10.5 Å². The lowest BCUT2D eigenvalue weighted by atomic mass is 9.95. The highest BCUT2D eigenvalue weighted by Crippen LogP contribution is 2.28. The molecule has 0 spiro atoms. The second-order valence-corrected chi connectivity index (χ2v) is 4.42. The molecule has 3 rings (SSSR count). The molecule has 0 radical (unpaired) electrons. The van der Waals surface area contributed by atoms with Crippen LogP contribution in [0, 0.1) is 0 Å². The Morgan fingerprint density at radius 3 is 2.94 bits per heavy atom. The van der Waals surface area contributed by atoms with Gasteiger partial charge < -0.3 is 10.5 Å². The molecule has 4 heteroatoms. The fourth-order valence-electron chi connectivity index (χ4n) is 2.28. The van der Waals surface area contributed by atoms with Crippen LogP contribution in [0.2, 0.25) is 0 Å². The van der Waals surface area contributed by atoms with Crippen LogP contribution >= 0.6 is 0 Å². The molecule has 1 aliphatic heterocycles. The minimum atomic E-state index is -0.161. The maximum atomic E-state index is 6.32. The zero-order valence-corrected chi connectivity index (χ0v) is 10.0. The molecular formula is C14H15N3O. The van der Waals surface area contributed by atoms with E-state index in [9.17, 15) is 0 Å². The van der Waals surface area contributed by atoms with Crippen LogP contribution in [-0.4, -0.2) is 16.6 Å². The van der Waals surface area contributed by atoms with Gasteiger partial charge in [0.2, 0.25) is 0 Å². The van der Waals surface area contributed by atoms with Crippen molar-refractivity contribution in [3.63, 3.8) is 0 Å². The largest absolute Gasteiger partial charge is 0.501 e. The summed E-state index contributed by atoms with van der Waals surface area (Å²) >= 11 is 0. The highest BCUT2D eigenvalue weighted by atomic mass is 16.5. The van der Waals surface area contributed by atoms with Crippen LogP contribution in [-0.2, 0) is 4.74 Å². The van der Waals surface area contributed by atoms with E-state index >= 15 is 0 Å². The molecule has 18 heavy (non-hydrogen) atoms. The van der Waals surface area contributed by atoms with Crippen molar-refractivity contribution in [2.75, 3.05) is 6.61 Å². The van der Waals surface area contributed by atoms with Gasteiger partial charge in [-0.05, 0) is 24.5 Å². The third-order valence-electron chi connectivity index (χ3n) is 3.23. The molecule has 1 aromatic carbocycles. The molecule has 0 fully saturated rings. The molecule has 0 saturated heterocycles. The molecule has 2 N–H and O–H groups in total. The van der Waals surface area contributed by atoms with E-state index in [-0.39, 0.29) is 6.04 Å². The van der Waals surface area contributed by atoms with Crippen LogP contribution in [0.25, 0.3) is 11.0 Å². The molecule has 1 atom stereocenters. The zero-order valence-electron chi connectivity index (χ0n) is 10.0. The maximum absolute atomic E-state index is 6.32. The topological polar surface area (TPSA) is 61.0 Å². The second kappa shape index (κ2) is 4.74. The number of hydrogen-bond donors (Lipinski definition) is 1. The number of ether oxygens (including phenoxy) is 1. The van der Waals surface area contributed by atoms with E-state index in [1.165, 1.54) is 0 Å². The van der Waals surface area contributed by atoms with E-state index in [1.807, 2.05) is 18.2 Å². The quantitative estimate of drug-likeness (QED) is 0.876. The molecular weight excluding hydrogens is 226 g/mol. The molecule has 1 unspecified atom stereocenters. The lowest BCUT2D eigenvalue weighted by molar-refractivity contribution is 0.221. The maximum Gasteiger partial charge on any atom is 0.0937 e. The van der Waals surface area contributed by atoms with Crippen molar-refractivity contribution in [3.05, 3.63) is 48.0 Å². The van der Waals surface area contributed by atoms with Gasteiger partial charge in [-0.15, -0.1) is 0 Å². The Morgan fingerprint density at radius 1 is 1.22 bits per heavy atom.